The minimum atomic E-state index is -0.0341. The van der Waals surface area contributed by atoms with Crippen molar-refractivity contribution in [3.05, 3.63) is 23.3 Å². The van der Waals surface area contributed by atoms with E-state index in [1.54, 1.807) is 7.11 Å². The number of ether oxygens (including phenoxy) is 2. The van der Waals surface area contributed by atoms with Gasteiger partial charge in [0.2, 0.25) is 0 Å². The molecule has 0 amide bonds. The van der Waals surface area contributed by atoms with E-state index < -0.39 is 0 Å². The number of hydrogen-bond acceptors (Lipinski definition) is 2. The Morgan fingerprint density at radius 1 is 0.950 bits per heavy atom. The Kier molecular flexibility index (Phi) is 4.76. The number of hydrogen-bond donors (Lipinski definition) is 0. The molecule has 0 aromatic heterocycles. The van der Waals surface area contributed by atoms with Crippen LogP contribution < -0.4 is 9.47 Å². The highest BCUT2D eigenvalue weighted by molar-refractivity contribution is 5.51. The monoisotopic (exact) mass is 274 g/mol. The first-order chi connectivity index (χ1) is 9.11. The average molecular weight is 274 g/mol. The first-order valence-corrected chi connectivity index (χ1v) is 6.90. The number of benzene rings is 1. The zero-order valence-electron chi connectivity index (χ0n) is 13.8. The third-order valence-electron chi connectivity index (χ3n) is 3.23. The van der Waals surface area contributed by atoms with Gasteiger partial charge in [0.25, 0.3) is 0 Å². The highest BCUT2D eigenvalue weighted by Gasteiger charge is 2.26. The normalized spacial score (nSPS) is 11.9. The third-order valence-corrected chi connectivity index (χ3v) is 3.23. The molecule has 0 aliphatic rings. The van der Waals surface area contributed by atoms with Gasteiger partial charge in [-0.25, -0.2) is 0 Å². The first kappa shape index (κ1) is 16.4. The number of rotatable bonds is 3. The predicted octanol–water partition coefficient (Wildman–Crippen LogP) is 4.30. The van der Waals surface area contributed by atoms with Gasteiger partial charge in [-0.1, -0.05) is 47.5 Å². The zero-order chi connectivity index (χ0) is 15.6. The Bertz CT molecular complexity index is 508. The molecule has 0 saturated carbocycles. The fourth-order valence-electron chi connectivity index (χ4n) is 2.14. The largest absolute Gasteiger partial charge is 0.496 e. The molecule has 1 aromatic rings. The molecular formula is C18H26O2. The van der Waals surface area contributed by atoms with E-state index in [9.17, 15) is 0 Å². The van der Waals surface area contributed by atoms with Crippen LogP contribution in [0.15, 0.2) is 12.1 Å². The molecule has 2 nitrogen and oxygen atoms in total. The fraction of sp³-hybridized carbons (Fsp3) is 0.556. The van der Waals surface area contributed by atoms with E-state index >= 15 is 0 Å². The van der Waals surface area contributed by atoms with Crippen molar-refractivity contribution in [3.63, 3.8) is 0 Å². The molecule has 0 unspecified atom stereocenters. The van der Waals surface area contributed by atoms with E-state index in [1.807, 2.05) is 0 Å². The minimum absolute atomic E-state index is 0.0178. The predicted molar refractivity (Wildman–Crippen MR) is 84.7 cm³/mol. The molecule has 0 aliphatic carbocycles. The molecule has 0 N–H and O–H groups in total. The molecule has 0 saturated heterocycles. The van der Waals surface area contributed by atoms with Gasteiger partial charge in [-0.05, 0) is 23.0 Å². The van der Waals surface area contributed by atoms with Gasteiger partial charge in [0, 0.05) is 11.1 Å². The molecule has 110 valence electrons. The van der Waals surface area contributed by atoms with Crippen molar-refractivity contribution in [2.75, 3.05) is 13.7 Å². The van der Waals surface area contributed by atoms with Crippen LogP contribution in [0.25, 0.3) is 0 Å². The van der Waals surface area contributed by atoms with Gasteiger partial charge in [-0.2, -0.15) is 0 Å². The molecule has 1 rings (SSSR count). The summed E-state index contributed by atoms with van der Waals surface area (Å²) in [7, 11) is 1.71. The summed E-state index contributed by atoms with van der Waals surface area (Å²) >= 11 is 0. The van der Waals surface area contributed by atoms with E-state index in [0.717, 1.165) is 22.6 Å². The van der Waals surface area contributed by atoms with Gasteiger partial charge in [0.15, 0.2) is 0 Å². The summed E-state index contributed by atoms with van der Waals surface area (Å²) in [5, 5.41) is 0. The third kappa shape index (κ3) is 3.70. The van der Waals surface area contributed by atoms with Crippen LogP contribution in [-0.2, 0) is 10.8 Å². The Morgan fingerprint density at radius 3 is 1.80 bits per heavy atom. The smallest absolute Gasteiger partial charge is 0.148 e. The van der Waals surface area contributed by atoms with E-state index in [0.29, 0.717) is 0 Å². The summed E-state index contributed by atoms with van der Waals surface area (Å²) < 4.78 is 11.3. The van der Waals surface area contributed by atoms with Crippen molar-refractivity contribution in [2.45, 2.75) is 52.4 Å². The highest BCUT2D eigenvalue weighted by atomic mass is 16.5. The second-order valence-corrected chi connectivity index (χ2v) is 7.04. The maximum Gasteiger partial charge on any atom is 0.148 e. The Morgan fingerprint density at radius 2 is 1.40 bits per heavy atom. The maximum atomic E-state index is 5.76. The molecule has 0 fully saturated rings. The van der Waals surface area contributed by atoms with Crippen molar-refractivity contribution in [1.29, 1.82) is 0 Å². The van der Waals surface area contributed by atoms with Crippen LogP contribution in [0.2, 0.25) is 0 Å². The lowest BCUT2D eigenvalue weighted by molar-refractivity contribution is 0.350. The minimum Gasteiger partial charge on any atom is -0.496 e. The Hall–Kier alpha value is -1.62. The van der Waals surface area contributed by atoms with Crippen molar-refractivity contribution in [2.24, 2.45) is 0 Å². The van der Waals surface area contributed by atoms with Crippen LogP contribution in [0, 0.1) is 12.3 Å². The van der Waals surface area contributed by atoms with Gasteiger partial charge < -0.3 is 9.47 Å². The average Bonchev–Trinajstić information content (AvgIpc) is 2.32. The van der Waals surface area contributed by atoms with E-state index in [2.05, 4.69) is 59.6 Å². The summed E-state index contributed by atoms with van der Waals surface area (Å²) in [5.74, 6) is 4.28. The van der Waals surface area contributed by atoms with Gasteiger partial charge in [0.05, 0.1) is 7.11 Å². The van der Waals surface area contributed by atoms with Crippen LogP contribution in [0.1, 0.15) is 52.7 Å². The molecule has 2 heteroatoms. The lowest BCUT2D eigenvalue weighted by Gasteiger charge is -2.28. The molecule has 0 spiro atoms. The number of methoxy groups -OCH3 is 1. The first-order valence-electron chi connectivity index (χ1n) is 6.90. The summed E-state index contributed by atoms with van der Waals surface area (Å²) in [5.41, 5.74) is 2.18. The van der Waals surface area contributed by atoms with Crippen LogP contribution >= 0.6 is 0 Å². The molecule has 0 heterocycles. The molecular weight excluding hydrogens is 248 g/mol. The van der Waals surface area contributed by atoms with Gasteiger partial charge in [-0.15, -0.1) is 6.42 Å². The van der Waals surface area contributed by atoms with Crippen LogP contribution in [0.5, 0.6) is 11.5 Å². The lowest BCUT2D eigenvalue weighted by atomic mass is 9.81. The summed E-state index contributed by atoms with van der Waals surface area (Å²) in [4.78, 5) is 0. The van der Waals surface area contributed by atoms with E-state index in [1.165, 1.54) is 0 Å². The molecule has 0 atom stereocenters. The Balaban J connectivity index is 3.50. The van der Waals surface area contributed by atoms with Crippen molar-refractivity contribution >= 4 is 0 Å². The second kappa shape index (κ2) is 5.79. The summed E-state index contributed by atoms with van der Waals surface area (Å²) in [6.45, 7) is 13.2. The van der Waals surface area contributed by atoms with Crippen molar-refractivity contribution < 1.29 is 9.47 Å². The summed E-state index contributed by atoms with van der Waals surface area (Å²) in [6, 6.07) is 4.14. The SMILES string of the molecule is C#CCOc1cc(C(C)(C)C)c(OC)cc1C(C)(C)C. The maximum absolute atomic E-state index is 5.76. The van der Waals surface area contributed by atoms with Crippen LogP contribution in [-0.4, -0.2) is 13.7 Å². The number of terminal acetylenes is 1. The second-order valence-electron chi connectivity index (χ2n) is 7.04. The zero-order valence-corrected chi connectivity index (χ0v) is 13.8. The summed E-state index contributed by atoms with van der Waals surface area (Å²) in [6.07, 6.45) is 5.32. The van der Waals surface area contributed by atoms with E-state index in [-0.39, 0.29) is 17.4 Å². The van der Waals surface area contributed by atoms with Crippen molar-refractivity contribution in [3.8, 4) is 23.8 Å². The van der Waals surface area contributed by atoms with Gasteiger partial charge in [-0.3, -0.25) is 0 Å². The molecule has 0 radical (unpaired) electrons. The van der Waals surface area contributed by atoms with Gasteiger partial charge >= 0.3 is 0 Å². The highest BCUT2D eigenvalue weighted by Crippen LogP contribution is 2.41. The molecule has 0 aliphatic heterocycles. The van der Waals surface area contributed by atoms with Crippen LogP contribution in [0.4, 0.5) is 0 Å². The van der Waals surface area contributed by atoms with E-state index in [4.69, 9.17) is 15.9 Å². The molecule has 0 bridgehead atoms. The molecule has 20 heavy (non-hydrogen) atoms. The van der Waals surface area contributed by atoms with Crippen LogP contribution in [0.3, 0.4) is 0 Å². The Labute approximate surface area is 123 Å². The molecule has 1 aromatic carbocycles. The van der Waals surface area contributed by atoms with Crippen molar-refractivity contribution in [1.82, 2.24) is 0 Å². The fourth-order valence-corrected chi connectivity index (χ4v) is 2.14. The standard InChI is InChI=1S/C18H26O2/c1-9-10-20-16-12-13(17(2,3)4)15(19-8)11-14(16)18(5,6)7/h1,11-12H,10H2,2-8H3. The topological polar surface area (TPSA) is 18.5 Å². The quantitative estimate of drug-likeness (QED) is 0.765. The lowest BCUT2D eigenvalue weighted by Crippen LogP contribution is -2.18. The van der Waals surface area contributed by atoms with Gasteiger partial charge in [0.1, 0.15) is 18.1 Å².